The van der Waals surface area contributed by atoms with Gasteiger partial charge in [0.2, 0.25) is 5.95 Å². The fourth-order valence-electron chi connectivity index (χ4n) is 5.01. The summed E-state index contributed by atoms with van der Waals surface area (Å²) < 4.78 is 81.3. The Balaban J connectivity index is 1.25. The van der Waals surface area contributed by atoms with E-state index < -0.39 is 27.4 Å². The Bertz CT molecular complexity index is 1150. The van der Waals surface area contributed by atoms with E-state index in [4.69, 9.17) is 4.74 Å². The molecule has 12 heteroatoms. The number of nitrogens with zero attached hydrogens (tertiary/aromatic N) is 4. The monoisotopic (exact) mass is 530 g/mol. The Hall–Kier alpha value is -2.47. The number of anilines is 1. The molecule has 0 amide bonds. The lowest BCUT2D eigenvalue weighted by molar-refractivity contribution is -0.138. The van der Waals surface area contributed by atoms with E-state index in [9.17, 15) is 26.0 Å². The Labute approximate surface area is 208 Å². The molecule has 2 aromatic rings. The number of benzene rings is 1. The molecule has 1 aliphatic carbocycles. The lowest BCUT2D eigenvalue weighted by Gasteiger charge is -2.46. The fourth-order valence-corrected chi connectivity index (χ4v) is 5.64. The van der Waals surface area contributed by atoms with Gasteiger partial charge in [0, 0.05) is 50.4 Å². The third kappa shape index (κ3) is 6.26. The molecule has 1 saturated carbocycles. The van der Waals surface area contributed by atoms with Gasteiger partial charge < -0.3 is 9.64 Å². The molecule has 7 nitrogen and oxygen atoms in total. The van der Waals surface area contributed by atoms with Crippen molar-refractivity contribution in [2.75, 3.05) is 37.4 Å². The second-order valence-corrected chi connectivity index (χ2v) is 11.7. The molecule has 2 heterocycles. The largest absolute Gasteiger partial charge is 0.490 e. The quantitative estimate of drug-likeness (QED) is 0.519. The van der Waals surface area contributed by atoms with E-state index in [0.29, 0.717) is 31.7 Å². The SMILES string of the molecule is CC1CN(c2ncc(C(F)(F)F)cn2)CCN1C1CCC(COc2ccc(S(C)(=O)=O)cc2F)CC1. The van der Waals surface area contributed by atoms with E-state index >= 15 is 0 Å². The zero-order valence-electron chi connectivity index (χ0n) is 20.2. The highest BCUT2D eigenvalue weighted by Gasteiger charge is 2.34. The molecule has 1 atom stereocenters. The van der Waals surface area contributed by atoms with Gasteiger partial charge in [-0.25, -0.2) is 22.8 Å². The van der Waals surface area contributed by atoms with Crippen LogP contribution in [0.2, 0.25) is 0 Å². The van der Waals surface area contributed by atoms with Gasteiger partial charge in [-0.15, -0.1) is 0 Å². The van der Waals surface area contributed by atoms with Crippen LogP contribution in [-0.4, -0.2) is 67.9 Å². The van der Waals surface area contributed by atoms with Crippen molar-refractivity contribution in [1.29, 1.82) is 0 Å². The summed E-state index contributed by atoms with van der Waals surface area (Å²) in [5, 5.41) is 0. The number of aromatic nitrogens is 2. The molecule has 0 bridgehead atoms. The Morgan fingerprint density at radius 1 is 1.08 bits per heavy atom. The van der Waals surface area contributed by atoms with E-state index in [1.54, 1.807) is 0 Å². The number of alkyl halides is 3. The number of halogens is 4. The first kappa shape index (κ1) is 26.6. The lowest BCUT2D eigenvalue weighted by Crippen LogP contribution is -2.56. The second kappa shape index (κ2) is 10.5. The summed E-state index contributed by atoms with van der Waals surface area (Å²) in [6.45, 7) is 4.53. The molecular formula is C24H30F4N4O3S. The van der Waals surface area contributed by atoms with Gasteiger partial charge in [0.1, 0.15) is 0 Å². The number of ether oxygens (including phenoxy) is 1. The third-order valence-corrected chi connectivity index (χ3v) is 8.13. The number of hydrogen-bond donors (Lipinski definition) is 0. The molecule has 1 saturated heterocycles. The first-order valence-corrected chi connectivity index (χ1v) is 13.8. The van der Waals surface area contributed by atoms with Gasteiger partial charge in [-0.3, -0.25) is 4.90 Å². The van der Waals surface area contributed by atoms with Crippen molar-refractivity contribution < 1.29 is 30.7 Å². The van der Waals surface area contributed by atoms with Gasteiger partial charge in [0.25, 0.3) is 0 Å². The zero-order valence-corrected chi connectivity index (χ0v) is 21.0. The highest BCUT2D eigenvalue weighted by atomic mass is 32.2. The van der Waals surface area contributed by atoms with Gasteiger partial charge in [-0.05, 0) is 56.7 Å². The van der Waals surface area contributed by atoms with E-state index in [2.05, 4.69) is 21.8 Å². The zero-order chi connectivity index (χ0) is 26.1. The lowest BCUT2D eigenvalue weighted by atomic mass is 9.85. The predicted octanol–water partition coefficient (Wildman–Crippen LogP) is 4.19. The van der Waals surface area contributed by atoms with Crippen LogP contribution in [0.1, 0.15) is 38.2 Å². The summed E-state index contributed by atoms with van der Waals surface area (Å²) in [5.74, 6) is -0.0328. The predicted molar refractivity (Wildman–Crippen MR) is 126 cm³/mol. The average molecular weight is 531 g/mol. The van der Waals surface area contributed by atoms with Gasteiger partial charge in [-0.2, -0.15) is 13.2 Å². The van der Waals surface area contributed by atoms with E-state index in [1.165, 1.54) is 12.1 Å². The molecular weight excluding hydrogens is 500 g/mol. The van der Waals surface area contributed by atoms with Crippen LogP contribution in [0.25, 0.3) is 0 Å². The molecule has 1 aliphatic heterocycles. The van der Waals surface area contributed by atoms with Crippen molar-refractivity contribution in [3.05, 3.63) is 42.0 Å². The fraction of sp³-hybridized carbons (Fsp3) is 0.583. The first-order chi connectivity index (χ1) is 16.9. The number of sulfone groups is 1. The molecule has 2 aliphatic rings. The molecule has 0 spiro atoms. The van der Waals surface area contributed by atoms with Crippen molar-refractivity contribution >= 4 is 15.8 Å². The maximum atomic E-state index is 14.2. The number of rotatable bonds is 6. The molecule has 4 rings (SSSR count). The summed E-state index contributed by atoms with van der Waals surface area (Å²) in [7, 11) is -3.48. The Kier molecular flexibility index (Phi) is 7.75. The van der Waals surface area contributed by atoms with Crippen LogP contribution < -0.4 is 9.64 Å². The van der Waals surface area contributed by atoms with Crippen LogP contribution in [0.4, 0.5) is 23.5 Å². The Morgan fingerprint density at radius 2 is 1.75 bits per heavy atom. The molecule has 0 N–H and O–H groups in total. The van der Waals surface area contributed by atoms with E-state index in [1.807, 2.05) is 4.90 Å². The molecule has 1 unspecified atom stereocenters. The van der Waals surface area contributed by atoms with Gasteiger partial charge >= 0.3 is 6.18 Å². The second-order valence-electron chi connectivity index (χ2n) is 9.65. The van der Waals surface area contributed by atoms with Crippen LogP contribution >= 0.6 is 0 Å². The number of hydrogen-bond acceptors (Lipinski definition) is 7. The smallest absolute Gasteiger partial charge is 0.419 e. The van der Waals surface area contributed by atoms with Crippen LogP contribution in [0, 0.1) is 11.7 Å². The summed E-state index contributed by atoms with van der Waals surface area (Å²) in [6.07, 6.45) is 2.05. The van der Waals surface area contributed by atoms with Crippen molar-refractivity contribution in [2.45, 2.75) is 55.8 Å². The van der Waals surface area contributed by atoms with Crippen LogP contribution in [0.5, 0.6) is 5.75 Å². The minimum absolute atomic E-state index is 0.0553. The summed E-state index contributed by atoms with van der Waals surface area (Å²) in [5.41, 5.74) is -0.854. The summed E-state index contributed by atoms with van der Waals surface area (Å²) in [6, 6.07) is 4.29. The normalized spacial score (nSPS) is 24.1. The molecule has 1 aromatic carbocycles. The molecule has 198 valence electrons. The molecule has 36 heavy (non-hydrogen) atoms. The van der Waals surface area contributed by atoms with Crippen molar-refractivity contribution in [3.63, 3.8) is 0 Å². The van der Waals surface area contributed by atoms with Gasteiger partial charge in [-0.1, -0.05) is 0 Å². The van der Waals surface area contributed by atoms with Crippen LogP contribution in [-0.2, 0) is 16.0 Å². The van der Waals surface area contributed by atoms with Crippen molar-refractivity contribution in [3.8, 4) is 5.75 Å². The van der Waals surface area contributed by atoms with Gasteiger partial charge in [0.05, 0.1) is 17.1 Å². The Morgan fingerprint density at radius 3 is 2.31 bits per heavy atom. The maximum absolute atomic E-state index is 14.2. The van der Waals surface area contributed by atoms with Crippen molar-refractivity contribution in [2.24, 2.45) is 5.92 Å². The topological polar surface area (TPSA) is 75.6 Å². The summed E-state index contributed by atoms with van der Waals surface area (Å²) >= 11 is 0. The molecule has 2 fully saturated rings. The maximum Gasteiger partial charge on any atom is 0.419 e. The van der Waals surface area contributed by atoms with Crippen LogP contribution in [0.3, 0.4) is 0 Å². The van der Waals surface area contributed by atoms with E-state index in [-0.39, 0.29) is 22.6 Å². The van der Waals surface area contributed by atoms with Crippen molar-refractivity contribution in [1.82, 2.24) is 14.9 Å². The summed E-state index contributed by atoms with van der Waals surface area (Å²) in [4.78, 5) is 12.1. The minimum Gasteiger partial charge on any atom is -0.490 e. The third-order valence-electron chi connectivity index (χ3n) is 7.02. The standard InChI is InChI=1S/C24H30F4N4O3S/c1-16-14-31(23-29-12-18(13-30-23)24(26,27)28)9-10-32(16)19-5-3-17(4-6-19)15-35-22-8-7-20(11-21(22)25)36(2,33)34/h7-8,11-13,16-17,19H,3-6,9-10,14-15H2,1-2H3. The highest BCUT2D eigenvalue weighted by Crippen LogP contribution is 2.32. The molecule has 0 radical (unpaired) electrons. The minimum atomic E-state index is -4.45. The average Bonchev–Trinajstić information content (AvgIpc) is 2.82. The first-order valence-electron chi connectivity index (χ1n) is 11.9. The van der Waals surface area contributed by atoms with Crippen LogP contribution in [0.15, 0.2) is 35.5 Å². The number of piperazine rings is 1. The van der Waals surface area contributed by atoms with Gasteiger partial charge in [0.15, 0.2) is 21.4 Å². The molecule has 1 aromatic heterocycles. The highest BCUT2D eigenvalue weighted by molar-refractivity contribution is 7.90. The van der Waals surface area contributed by atoms with E-state index in [0.717, 1.165) is 56.9 Å².